The Morgan fingerprint density at radius 2 is 0.891 bits per heavy atom. The van der Waals surface area contributed by atoms with Crippen LogP contribution in [0.5, 0.6) is 11.5 Å². The van der Waals surface area contributed by atoms with Crippen LogP contribution in [-0.4, -0.2) is 94.9 Å². The monoisotopic (exact) mass is 910 g/mol. The molecule has 0 radical (unpaired) electrons. The predicted molar refractivity (Wildman–Crippen MR) is 197 cm³/mol. The van der Waals surface area contributed by atoms with Gasteiger partial charge >= 0.3 is 48.9 Å². The number of hydrogen-bond donors (Lipinski definition) is 2. The fourth-order valence-electron chi connectivity index (χ4n) is 5.20. The summed E-state index contributed by atoms with van der Waals surface area (Å²) >= 11 is 0. The molecule has 0 fully saturated rings. The van der Waals surface area contributed by atoms with Gasteiger partial charge in [0.05, 0.1) is 31.0 Å². The number of nitro benzene ring substituents is 2. The van der Waals surface area contributed by atoms with Gasteiger partial charge in [0.2, 0.25) is 0 Å². The molecule has 276 valence electrons. The number of benzene rings is 6. The van der Waals surface area contributed by atoms with E-state index in [0.717, 1.165) is 12.1 Å². The maximum absolute atomic E-state index is 11.4. The Balaban J connectivity index is 0.000000240. The minimum absolute atomic E-state index is 0. The average molecular weight is 910 g/mol. The molecule has 55 heavy (non-hydrogen) atoms. The SMILES string of the molecule is Cc1cc(N=Nc2c(O)c(S(=O)(=O)[O-])cc3ccccc23)ccc1[N+](=O)[O-].Cc1cc(N=Nc2c(O)c(S(=O)(=O)[O-])cc3ccccc23)ccc1[N+](=O)[O-].[Ba+2]. The predicted octanol–water partition coefficient (Wildman–Crippen LogP) is 7.78. The van der Waals surface area contributed by atoms with E-state index in [1.165, 1.54) is 50.2 Å². The number of nitrogens with zero attached hydrogens (tertiary/aromatic N) is 6. The molecule has 0 saturated heterocycles. The summed E-state index contributed by atoms with van der Waals surface area (Å²) in [5, 5.41) is 59.4. The molecule has 6 aromatic carbocycles. The third kappa shape index (κ3) is 9.75. The van der Waals surface area contributed by atoms with Crippen LogP contribution in [0.15, 0.2) is 127 Å². The van der Waals surface area contributed by atoms with Gasteiger partial charge in [-0.15, -0.1) is 10.2 Å². The van der Waals surface area contributed by atoms with Gasteiger partial charge in [0.25, 0.3) is 11.4 Å². The van der Waals surface area contributed by atoms with E-state index in [0.29, 0.717) is 32.7 Å². The zero-order valence-corrected chi connectivity index (χ0v) is 34.5. The van der Waals surface area contributed by atoms with Gasteiger partial charge in [0.1, 0.15) is 31.6 Å². The van der Waals surface area contributed by atoms with Crippen molar-refractivity contribution in [2.75, 3.05) is 0 Å². The number of azo groups is 2. The number of hydrogen-bond acceptors (Lipinski definition) is 16. The Labute approximate surface area is 351 Å². The summed E-state index contributed by atoms with van der Waals surface area (Å²) in [5.74, 6) is -1.60. The van der Waals surface area contributed by atoms with Crippen molar-refractivity contribution in [3.63, 3.8) is 0 Å². The molecule has 0 aliphatic carbocycles. The van der Waals surface area contributed by atoms with Crippen LogP contribution in [-0.2, 0) is 20.2 Å². The summed E-state index contributed by atoms with van der Waals surface area (Å²) in [5.41, 5.74) is 0.720. The summed E-state index contributed by atoms with van der Waals surface area (Å²) in [4.78, 5) is 19.1. The van der Waals surface area contributed by atoms with Crippen molar-refractivity contribution in [1.29, 1.82) is 0 Å². The Morgan fingerprint density at radius 3 is 1.20 bits per heavy atom. The fraction of sp³-hybridized carbons (Fsp3) is 0.0588. The van der Waals surface area contributed by atoms with Crippen molar-refractivity contribution in [3.8, 4) is 11.5 Å². The number of aryl methyl sites for hydroxylation is 2. The zero-order chi connectivity index (χ0) is 39.5. The van der Waals surface area contributed by atoms with E-state index in [4.69, 9.17) is 0 Å². The molecule has 0 spiro atoms. The van der Waals surface area contributed by atoms with E-state index in [-0.39, 0.29) is 83.0 Å². The van der Waals surface area contributed by atoms with Crippen LogP contribution in [0.1, 0.15) is 11.1 Å². The largest absolute Gasteiger partial charge is 2.00 e. The van der Waals surface area contributed by atoms with Crippen LogP contribution < -0.4 is 0 Å². The van der Waals surface area contributed by atoms with Crippen molar-refractivity contribution in [3.05, 3.63) is 128 Å². The molecule has 0 heterocycles. The molecule has 0 bridgehead atoms. The maximum atomic E-state index is 11.4. The van der Waals surface area contributed by atoms with Crippen LogP contribution in [0.3, 0.4) is 0 Å². The summed E-state index contributed by atoms with van der Waals surface area (Å²) in [7, 11) is -9.86. The third-order valence-electron chi connectivity index (χ3n) is 7.74. The van der Waals surface area contributed by atoms with E-state index in [9.17, 15) is 56.4 Å². The van der Waals surface area contributed by atoms with Gasteiger partial charge in [0.15, 0.2) is 11.5 Å². The normalized spacial score (nSPS) is 11.7. The van der Waals surface area contributed by atoms with E-state index < -0.39 is 51.4 Å². The van der Waals surface area contributed by atoms with Gasteiger partial charge in [-0.1, -0.05) is 48.5 Å². The summed E-state index contributed by atoms with van der Waals surface area (Å²) in [6, 6.07) is 23.2. The van der Waals surface area contributed by atoms with Gasteiger partial charge in [-0.3, -0.25) is 20.2 Å². The Bertz CT molecular complexity index is 2610. The number of phenolic OH excluding ortho intramolecular Hbond substituents is 2. The van der Waals surface area contributed by atoms with Crippen molar-refractivity contribution in [1.82, 2.24) is 0 Å². The van der Waals surface area contributed by atoms with Gasteiger partial charge < -0.3 is 19.3 Å². The van der Waals surface area contributed by atoms with Crippen molar-refractivity contribution in [2.45, 2.75) is 23.6 Å². The average Bonchev–Trinajstić information content (AvgIpc) is 3.09. The third-order valence-corrected chi connectivity index (χ3v) is 9.44. The Hall–Kier alpha value is -5.17. The fourth-order valence-corrected chi connectivity index (χ4v) is 6.41. The quantitative estimate of drug-likeness (QED) is 0.0486. The van der Waals surface area contributed by atoms with E-state index >= 15 is 0 Å². The van der Waals surface area contributed by atoms with Crippen molar-refractivity contribution in [2.24, 2.45) is 20.5 Å². The molecule has 0 saturated carbocycles. The molecule has 18 nitrogen and oxygen atoms in total. The molecule has 6 aromatic rings. The van der Waals surface area contributed by atoms with Crippen LogP contribution in [0.4, 0.5) is 34.1 Å². The molecule has 0 aliphatic heterocycles. The van der Waals surface area contributed by atoms with Gasteiger partial charge in [-0.2, -0.15) is 10.2 Å². The molecule has 0 aromatic heterocycles. The molecule has 6 rings (SSSR count). The number of phenols is 2. The summed E-state index contributed by atoms with van der Waals surface area (Å²) < 4.78 is 68.5. The van der Waals surface area contributed by atoms with E-state index in [1.54, 1.807) is 48.5 Å². The van der Waals surface area contributed by atoms with Crippen LogP contribution in [0, 0.1) is 34.1 Å². The van der Waals surface area contributed by atoms with E-state index in [1.807, 2.05) is 0 Å². The van der Waals surface area contributed by atoms with Crippen LogP contribution in [0.25, 0.3) is 21.5 Å². The summed E-state index contributed by atoms with van der Waals surface area (Å²) in [6.07, 6.45) is 0. The number of aromatic hydroxyl groups is 2. The molecule has 2 N–H and O–H groups in total. The molecule has 0 amide bonds. The minimum atomic E-state index is -4.93. The smallest absolute Gasteiger partial charge is 0.744 e. The molecular weight excluding hydrogens is 886 g/mol. The molecule has 0 aliphatic rings. The molecule has 0 unspecified atom stereocenters. The van der Waals surface area contributed by atoms with Gasteiger partial charge in [-0.05, 0) is 61.0 Å². The first-order chi connectivity index (χ1) is 25.4. The second kappa shape index (κ2) is 17.1. The summed E-state index contributed by atoms with van der Waals surface area (Å²) in [6.45, 7) is 3.07. The number of rotatable bonds is 8. The number of nitro groups is 2. The molecule has 0 atom stereocenters. The van der Waals surface area contributed by atoms with Gasteiger partial charge in [0, 0.05) is 34.0 Å². The second-order valence-corrected chi connectivity index (χ2v) is 14.0. The van der Waals surface area contributed by atoms with Crippen molar-refractivity contribution < 1.29 is 46.0 Å². The Kier molecular flexibility index (Phi) is 13.2. The topological polar surface area (TPSA) is 291 Å². The Morgan fingerprint density at radius 1 is 0.545 bits per heavy atom. The molecular formula is C34H24BaN6O12S2. The second-order valence-electron chi connectivity index (χ2n) is 11.4. The molecule has 21 heteroatoms. The standard InChI is InChI=1S/2C17H13N3O6S.Ba/c2*1-10-8-12(6-7-14(10)20(22)23)18-19-16-13-5-3-2-4-11(13)9-15(17(16)21)27(24,25)26;/h2*2-9,21H,1H3,(H,24,25,26);/q;;+2/p-2. The maximum Gasteiger partial charge on any atom is 2.00 e. The minimum Gasteiger partial charge on any atom is -0.744 e. The zero-order valence-electron chi connectivity index (χ0n) is 28.4. The number of fused-ring (bicyclic) bond motifs is 2. The first-order valence-corrected chi connectivity index (χ1v) is 17.9. The van der Waals surface area contributed by atoms with Gasteiger partial charge in [-0.25, -0.2) is 16.8 Å². The van der Waals surface area contributed by atoms with Crippen LogP contribution >= 0.6 is 0 Å². The van der Waals surface area contributed by atoms with Crippen LogP contribution in [0.2, 0.25) is 0 Å². The van der Waals surface area contributed by atoms with E-state index in [2.05, 4.69) is 20.5 Å². The van der Waals surface area contributed by atoms with Crippen molar-refractivity contribution >= 4 is 125 Å². The first kappa shape index (κ1) is 42.6. The first-order valence-electron chi connectivity index (χ1n) is 15.1.